The summed E-state index contributed by atoms with van der Waals surface area (Å²) in [7, 11) is 1.89. The molecule has 1 N–H and O–H groups in total. The number of likely N-dealkylation sites (N-methyl/N-ethyl adjacent to an activating group) is 1. The topological polar surface area (TPSA) is 12.0 Å². The lowest BCUT2D eigenvalue weighted by atomic mass is 10.0. The quantitative estimate of drug-likeness (QED) is 0.836. The molecule has 1 aromatic heterocycles. The summed E-state index contributed by atoms with van der Waals surface area (Å²) in [6.07, 6.45) is 0.714. The molecule has 0 amide bonds. The van der Waals surface area contributed by atoms with Gasteiger partial charge < -0.3 is 5.32 Å². The van der Waals surface area contributed by atoms with E-state index in [-0.39, 0.29) is 11.9 Å². The van der Waals surface area contributed by atoms with Crippen molar-refractivity contribution in [2.45, 2.75) is 12.5 Å². The second-order valence-electron chi connectivity index (χ2n) is 3.92. The summed E-state index contributed by atoms with van der Waals surface area (Å²) in [5.74, 6) is -0.215. The van der Waals surface area contributed by atoms with E-state index in [0.29, 0.717) is 6.42 Å². The van der Waals surface area contributed by atoms with Gasteiger partial charge in [0.2, 0.25) is 0 Å². The largest absolute Gasteiger partial charge is 0.312 e. The lowest BCUT2D eigenvalue weighted by Crippen LogP contribution is -2.18. The van der Waals surface area contributed by atoms with Crippen molar-refractivity contribution >= 4 is 38.9 Å². The summed E-state index contributed by atoms with van der Waals surface area (Å²) in [5, 5.41) is 3.24. The highest BCUT2D eigenvalue weighted by atomic mass is 79.9. The van der Waals surface area contributed by atoms with Crippen molar-refractivity contribution in [1.29, 1.82) is 0 Å². The minimum absolute atomic E-state index is 0.139. The Morgan fingerprint density at radius 2 is 2.17 bits per heavy atom. The Balaban J connectivity index is 2.22. The molecule has 0 fully saturated rings. The second kappa shape index (κ2) is 6.15. The van der Waals surface area contributed by atoms with Crippen LogP contribution in [0, 0.1) is 5.82 Å². The van der Waals surface area contributed by atoms with E-state index < -0.39 is 0 Å². The number of thiophene rings is 1. The van der Waals surface area contributed by atoms with E-state index in [0.717, 1.165) is 19.2 Å². The van der Waals surface area contributed by atoms with E-state index in [1.54, 1.807) is 23.5 Å². The molecule has 0 aliphatic rings. The third kappa shape index (κ3) is 3.32. The second-order valence-corrected chi connectivity index (χ2v) is 6.52. The summed E-state index contributed by atoms with van der Waals surface area (Å²) < 4.78 is 14.9. The lowest BCUT2D eigenvalue weighted by molar-refractivity contribution is 0.590. The highest BCUT2D eigenvalue weighted by Gasteiger charge is 2.14. The Morgan fingerprint density at radius 3 is 2.78 bits per heavy atom. The van der Waals surface area contributed by atoms with Crippen LogP contribution in [0.1, 0.15) is 16.5 Å². The fourth-order valence-corrected chi connectivity index (χ4v) is 3.36. The van der Waals surface area contributed by atoms with Crippen LogP contribution in [0.5, 0.6) is 0 Å². The Bertz CT molecular complexity index is 544. The summed E-state index contributed by atoms with van der Waals surface area (Å²) in [4.78, 5) is 1.15. The number of benzene rings is 1. The third-order valence-electron chi connectivity index (χ3n) is 2.72. The number of halogens is 3. The molecular weight excluding hydrogens is 337 g/mol. The maximum atomic E-state index is 13.2. The fourth-order valence-electron chi connectivity index (χ4n) is 1.78. The Kier molecular flexibility index (Phi) is 4.78. The highest BCUT2D eigenvalue weighted by molar-refractivity contribution is 9.10. The van der Waals surface area contributed by atoms with E-state index in [1.807, 2.05) is 19.2 Å². The molecule has 0 spiro atoms. The number of nitrogens with one attached hydrogen (secondary N) is 1. The first-order valence-corrected chi connectivity index (χ1v) is 7.45. The molecule has 5 heteroatoms. The van der Waals surface area contributed by atoms with E-state index in [1.165, 1.54) is 6.07 Å². The molecule has 96 valence electrons. The average molecular weight is 349 g/mol. The summed E-state index contributed by atoms with van der Waals surface area (Å²) in [6, 6.07) is 8.76. The zero-order chi connectivity index (χ0) is 13.1. The number of rotatable bonds is 4. The lowest BCUT2D eigenvalue weighted by Gasteiger charge is -2.15. The molecule has 0 saturated carbocycles. The van der Waals surface area contributed by atoms with Gasteiger partial charge in [-0.25, -0.2) is 4.39 Å². The van der Waals surface area contributed by atoms with Crippen LogP contribution >= 0.6 is 38.9 Å². The van der Waals surface area contributed by atoms with Gasteiger partial charge in [-0.05, 0) is 49.4 Å². The predicted octanol–water partition coefficient (Wildman–Crippen LogP) is 4.81. The van der Waals surface area contributed by atoms with Gasteiger partial charge in [-0.1, -0.05) is 27.5 Å². The zero-order valence-corrected chi connectivity index (χ0v) is 12.9. The minimum atomic E-state index is -0.215. The summed E-state index contributed by atoms with van der Waals surface area (Å²) in [5.41, 5.74) is 0.943. The van der Waals surface area contributed by atoms with Crippen LogP contribution in [0.25, 0.3) is 0 Å². The third-order valence-corrected chi connectivity index (χ3v) is 4.84. The van der Waals surface area contributed by atoms with Crippen LogP contribution in [0.4, 0.5) is 4.39 Å². The normalized spacial score (nSPS) is 12.7. The molecule has 18 heavy (non-hydrogen) atoms. The Morgan fingerprint density at radius 1 is 1.39 bits per heavy atom. The van der Waals surface area contributed by atoms with Gasteiger partial charge >= 0.3 is 0 Å². The van der Waals surface area contributed by atoms with E-state index in [9.17, 15) is 4.39 Å². The molecule has 0 radical (unpaired) electrons. The van der Waals surface area contributed by atoms with E-state index in [4.69, 9.17) is 11.6 Å². The summed E-state index contributed by atoms with van der Waals surface area (Å²) in [6.45, 7) is 0. The molecule has 0 saturated heterocycles. The maximum Gasteiger partial charge on any atom is 0.123 e. The highest BCUT2D eigenvalue weighted by Crippen LogP contribution is 2.30. The van der Waals surface area contributed by atoms with Crippen LogP contribution in [-0.4, -0.2) is 7.05 Å². The van der Waals surface area contributed by atoms with Crippen LogP contribution in [0.15, 0.2) is 34.8 Å². The first-order chi connectivity index (χ1) is 8.60. The van der Waals surface area contributed by atoms with Crippen LogP contribution in [-0.2, 0) is 6.42 Å². The van der Waals surface area contributed by atoms with Gasteiger partial charge in [0, 0.05) is 15.4 Å². The van der Waals surface area contributed by atoms with Crippen molar-refractivity contribution in [3.05, 3.63) is 55.4 Å². The van der Waals surface area contributed by atoms with Crippen molar-refractivity contribution in [2.24, 2.45) is 0 Å². The number of hydrogen-bond donors (Lipinski definition) is 1. The molecular formula is C13H12BrClFNS. The molecule has 0 aliphatic carbocycles. The molecule has 2 aromatic rings. The smallest absolute Gasteiger partial charge is 0.123 e. The van der Waals surface area contributed by atoms with E-state index in [2.05, 4.69) is 21.2 Å². The maximum absolute atomic E-state index is 13.2. The first kappa shape index (κ1) is 14.0. The summed E-state index contributed by atoms with van der Waals surface area (Å²) >= 11 is 10.9. The predicted molar refractivity (Wildman–Crippen MR) is 78.9 cm³/mol. The zero-order valence-electron chi connectivity index (χ0n) is 9.71. The minimum Gasteiger partial charge on any atom is -0.312 e. The van der Waals surface area contributed by atoms with Gasteiger partial charge in [0.05, 0.1) is 4.34 Å². The Labute approximate surface area is 123 Å². The fraction of sp³-hybridized carbons (Fsp3) is 0.231. The van der Waals surface area contributed by atoms with Crippen molar-refractivity contribution in [2.75, 3.05) is 7.05 Å². The van der Waals surface area contributed by atoms with Gasteiger partial charge in [-0.3, -0.25) is 0 Å². The molecule has 1 nitrogen and oxygen atoms in total. The molecule has 1 aromatic carbocycles. The molecule has 1 atom stereocenters. The van der Waals surface area contributed by atoms with E-state index >= 15 is 0 Å². The van der Waals surface area contributed by atoms with Crippen LogP contribution in [0.2, 0.25) is 4.34 Å². The SMILES string of the molecule is CNC(Cc1cc(F)ccc1Br)c1ccc(Cl)s1. The molecule has 2 rings (SSSR count). The standard InChI is InChI=1S/C13H12BrClFNS/c1-17-11(12-4-5-13(15)18-12)7-8-6-9(16)2-3-10(8)14/h2-6,11,17H,7H2,1H3. The average Bonchev–Trinajstić information content (AvgIpc) is 2.77. The molecule has 0 bridgehead atoms. The molecule has 1 unspecified atom stereocenters. The van der Waals surface area contributed by atoms with Gasteiger partial charge in [0.15, 0.2) is 0 Å². The Hall–Kier alpha value is -0.420. The monoisotopic (exact) mass is 347 g/mol. The van der Waals surface area contributed by atoms with Gasteiger partial charge in [-0.2, -0.15) is 0 Å². The van der Waals surface area contributed by atoms with Crippen molar-refractivity contribution in [3.8, 4) is 0 Å². The molecule has 0 aliphatic heterocycles. The first-order valence-electron chi connectivity index (χ1n) is 5.46. The molecule has 1 heterocycles. The van der Waals surface area contributed by atoms with Gasteiger partial charge in [-0.15, -0.1) is 11.3 Å². The van der Waals surface area contributed by atoms with Gasteiger partial charge in [0.25, 0.3) is 0 Å². The van der Waals surface area contributed by atoms with Crippen LogP contribution in [0.3, 0.4) is 0 Å². The van der Waals surface area contributed by atoms with Gasteiger partial charge in [0.1, 0.15) is 5.82 Å². The van der Waals surface area contributed by atoms with Crippen molar-refractivity contribution < 1.29 is 4.39 Å². The number of hydrogen-bond acceptors (Lipinski definition) is 2. The van der Waals surface area contributed by atoms with Crippen molar-refractivity contribution in [1.82, 2.24) is 5.32 Å². The van der Waals surface area contributed by atoms with Crippen molar-refractivity contribution in [3.63, 3.8) is 0 Å². The van der Waals surface area contributed by atoms with Crippen LogP contribution < -0.4 is 5.32 Å².